The van der Waals surface area contributed by atoms with Crippen LogP contribution in [0.3, 0.4) is 0 Å². The molecule has 0 aromatic heterocycles. The standard InChI is InChI=1S/C38H39NO7S2/c1-4-7-21-47-33-17-13-31(14-18-33)45-37(42)27-23-28(38(43)46-32-15-19-34(20-16-32)48-22-8-5-2)25-29(24-27)39-36(41)26-9-11-30(12-10-26)44-35(40)6-3/h9-20,23-25H,4-8,21-22H2,1-3H3,(H,39,41). The van der Waals surface area contributed by atoms with E-state index in [9.17, 15) is 19.2 Å². The molecule has 10 heteroatoms. The van der Waals surface area contributed by atoms with Gasteiger partial charge in [0, 0.05) is 27.5 Å². The molecule has 0 aliphatic heterocycles. The number of benzene rings is 4. The second-order valence-electron chi connectivity index (χ2n) is 10.7. The van der Waals surface area contributed by atoms with Gasteiger partial charge in [-0.1, -0.05) is 33.6 Å². The van der Waals surface area contributed by atoms with Crippen molar-refractivity contribution in [1.82, 2.24) is 0 Å². The van der Waals surface area contributed by atoms with E-state index in [1.165, 1.54) is 42.5 Å². The summed E-state index contributed by atoms with van der Waals surface area (Å²) in [6.07, 6.45) is 4.68. The Hall–Kier alpha value is -4.54. The minimum Gasteiger partial charge on any atom is -0.427 e. The average molecular weight is 686 g/mol. The van der Waals surface area contributed by atoms with Crippen LogP contribution in [0.2, 0.25) is 0 Å². The van der Waals surface area contributed by atoms with Gasteiger partial charge < -0.3 is 19.5 Å². The minimum absolute atomic E-state index is 0.0469. The number of amides is 1. The lowest BCUT2D eigenvalue weighted by Gasteiger charge is -2.12. The Bertz CT molecular complexity index is 1600. The monoisotopic (exact) mass is 685 g/mol. The van der Waals surface area contributed by atoms with Gasteiger partial charge in [0.1, 0.15) is 17.2 Å². The first kappa shape index (κ1) is 36.3. The molecular weight excluding hydrogens is 647 g/mol. The molecule has 4 rings (SSSR count). The van der Waals surface area contributed by atoms with Crippen molar-refractivity contribution >= 4 is 53.0 Å². The number of ether oxygens (including phenoxy) is 3. The number of esters is 3. The molecule has 8 nitrogen and oxygen atoms in total. The highest BCUT2D eigenvalue weighted by Crippen LogP contribution is 2.26. The molecule has 4 aromatic rings. The van der Waals surface area contributed by atoms with E-state index in [0.717, 1.165) is 47.0 Å². The summed E-state index contributed by atoms with van der Waals surface area (Å²) in [5.74, 6) is 0.715. The zero-order valence-corrected chi connectivity index (χ0v) is 28.9. The summed E-state index contributed by atoms with van der Waals surface area (Å²) in [6.45, 7) is 5.98. The largest absolute Gasteiger partial charge is 0.427 e. The van der Waals surface area contributed by atoms with E-state index in [4.69, 9.17) is 14.2 Å². The zero-order valence-electron chi connectivity index (χ0n) is 27.3. The molecule has 0 bridgehead atoms. The molecule has 0 spiro atoms. The molecule has 0 saturated carbocycles. The van der Waals surface area contributed by atoms with Crippen LogP contribution in [0.25, 0.3) is 0 Å². The van der Waals surface area contributed by atoms with E-state index in [0.29, 0.717) is 17.2 Å². The first-order valence-electron chi connectivity index (χ1n) is 15.9. The number of carbonyl (C=O) groups excluding carboxylic acids is 4. The maximum Gasteiger partial charge on any atom is 0.343 e. The lowest BCUT2D eigenvalue weighted by Crippen LogP contribution is -2.16. The molecule has 1 amide bonds. The molecule has 4 aromatic carbocycles. The molecular formula is C38H39NO7S2. The highest BCUT2D eigenvalue weighted by molar-refractivity contribution is 7.99. The Morgan fingerprint density at radius 2 is 1.00 bits per heavy atom. The number of nitrogens with one attached hydrogen (secondary N) is 1. The van der Waals surface area contributed by atoms with Crippen molar-refractivity contribution in [2.45, 2.75) is 62.7 Å². The Morgan fingerprint density at radius 3 is 1.44 bits per heavy atom. The maximum absolute atomic E-state index is 13.3. The van der Waals surface area contributed by atoms with E-state index in [2.05, 4.69) is 19.2 Å². The number of anilines is 1. The Kier molecular flexibility index (Phi) is 14.1. The molecule has 0 atom stereocenters. The molecule has 0 radical (unpaired) electrons. The van der Waals surface area contributed by atoms with E-state index in [1.807, 2.05) is 24.3 Å². The fourth-order valence-electron chi connectivity index (χ4n) is 4.23. The van der Waals surface area contributed by atoms with Gasteiger partial charge in [-0.25, -0.2) is 9.59 Å². The van der Waals surface area contributed by atoms with E-state index < -0.39 is 17.8 Å². The highest BCUT2D eigenvalue weighted by atomic mass is 32.2. The lowest BCUT2D eigenvalue weighted by molar-refractivity contribution is -0.134. The summed E-state index contributed by atoms with van der Waals surface area (Å²) in [5.41, 5.74) is 0.557. The third-order valence-corrected chi connectivity index (χ3v) is 9.10. The summed E-state index contributed by atoms with van der Waals surface area (Å²) >= 11 is 3.47. The van der Waals surface area contributed by atoms with Gasteiger partial charge in [0.2, 0.25) is 0 Å². The summed E-state index contributed by atoms with van der Waals surface area (Å²) in [5, 5.41) is 2.74. The summed E-state index contributed by atoms with van der Waals surface area (Å²) in [6, 6.07) is 24.8. The van der Waals surface area contributed by atoms with Gasteiger partial charge in [0.25, 0.3) is 5.91 Å². The fraction of sp³-hybridized carbons (Fsp3) is 0.263. The van der Waals surface area contributed by atoms with Gasteiger partial charge in [-0.15, -0.1) is 23.5 Å². The zero-order chi connectivity index (χ0) is 34.3. The van der Waals surface area contributed by atoms with Crippen molar-refractivity contribution in [3.05, 3.63) is 108 Å². The first-order chi connectivity index (χ1) is 23.3. The normalized spacial score (nSPS) is 10.6. The molecule has 48 heavy (non-hydrogen) atoms. The van der Waals surface area contributed by atoms with Crippen LogP contribution in [-0.2, 0) is 4.79 Å². The van der Waals surface area contributed by atoms with Gasteiger partial charge in [-0.05, 0) is 115 Å². The van der Waals surface area contributed by atoms with Gasteiger partial charge >= 0.3 is 17.9 Å². The summed E-state index contributed by atoms with van der Waals surface area (Å²) < 4.78 is 16.4. The van der Waals surface area contributed by atoms with Crippen LogP contribution in [0.4, 0.5) is 5.69 Å². The molecule has 0 aliphatic rings. The van der Waals surface area contributed by atoms with Crippen molar-refractivity contribution in [3.8, 4) is 17.2 Å². The van der Waals surface area contributed by atoms with E-state index in [1.54, 1.807) is 54.7 Å². The number of thioether (sulfide) groups is 2. The predicted molar refractivity (Wildman–Crippen MR) is 191 cm³/mol. The third-order valence-electron chi connectivity index (χ3n) is 6.90. The van der Waals surface area contributed by atoms with Crippen molar-refractivity contribution < 1.29 is 33.4 Å². The number of hydrogen-bond acceptors (Lipinski definition) is 9. The second-order valence-corrected chi connectivity index (χ2v) is 13.1. The van der Waals surface area contributed by atoms with Gasteiger partial charge in [0.15, 0.2) is 0 Å². The smallest absolute Gasteiger partial charge is 0.343 e. The Morgan fingerprint density at radius 1 is 0.562 bits per heavy atom. The van der Waals surface area contributed by atoms with Gasteiger partial charge in [-0.3, -0.25) is 9.59 Å². The number of carbonyl (C=O) groups is 4. The molecule has 0 heterocycles. The van der Waals surface area contributed by atoms with Crippen LogP contribution in [0, 0.1) is 0 Å². The number of rotatable bonds is 16. The van der Waals surface area contributed by atoms with Crippen molar-refractivity contribution in [2.24, 2.45) is 0 Å². The third kappa shape index (κ3) is 11.3. The Balaban J connectivity index is 1.53. The average Bonchev–Trinajstić information content (AvgIpc) is 3.10. The van der Waals surface area contributed by atoms with Crippen LogP contribution in [0.15, 0.2) is 101 Å². The topological polar surface area (TPSA) is 108 Å². The highest BCUT2D eigenvalue weighted by Gasteiger charge is 2.18. The minimum atomic E-state index is -0.706. The van der Waals surface area contributed by atoms with Crippen molar-refractivity contribution in [3.63, 3.8) is 0 Å². The van der Waals surface area contributed by atoms with Crippen LogP contribution in [-0.4, -0.2) is 35.3 Å². The van der Waals surface area contributed by atoms with E-state index >= 15 is 0 Å². The van der Waals surface area contributed by atoms with Gasteiger partial charge in [-0.2, -0.15) is 0 Å². The first-order valence-corrected chi connectivity index (χ1v) is 17.9. The molecule has 250 valence electrons. The van der Waals surface area contributed by atoms with Crippen LogP contribution in [0.1, 0.15) is 83.9 Å². The van der Waals surface area contributed by atoms with Crippen molar-refractivity contribution in [1.29, 1.82) is 0 Å². The fourth-order valence-corrected chi connectivity index (χ4v) is 6.22. The van der Waals surface area contributed by atoms with Crippen LogP contribution < -0.4 is 19.5 Å². The SMILES string of the molecule is CCCCSc1ccc(OC(=O)c2cc(NC(=O)c3ccc(OC(=O)CC)cc3)cc(C(=O)Oc3ccc(SCCCC)cc3)c2)cc1. The Labute approximate surface area is 289 Å². The molecule has 1 N–H and O–H groups in total. The number of unbranched alkanes of at least 4 members (excludes halogenated alkanes) is 2. The van der Waals surface area contributed by atoms with Crippen LogP contribution >= 0.6 is 23.5 Å². The molecule has 0 saturated heterocycles. The molecule has 0 fully saturated rings. The number of hydrogen-bond donors (Lipinski definition) is 1. The molecule has 0 aliphatic carbocycles. The van der Waals surface area contributed by atoms with E-state index in [-0.39, 0.29) is 34.8 Å². The van der Waals surface area contributed by atoms with Gasteiger partial charge in [0.05, 0.1) is 11.1 Å². The van der Waals surface area contributed by atoms with Crippen LogP contribution in [0.5, 0.6) is 17.2 Å². The predicted octanol–water partition coefficient (Wildman–Crippen LogP) is 9.48. The molecule has 0 unspecified atom stereocenters. The van der Waals surface area contributed by atoms with Crippen molar-refractivity contribution in [2.75, 3.05) is 16.8 Å². The maximum atomic E-state index is 13.3. The quantitative estimate of drug-likeness (QED) is 0.0534. The summed E-state index contributed by atoms with van der Waals surface area (Å²) in [7, 11) is 0. The second kappa shape index (κ2) is 18.7. The summed E-state index contributed by atoms with van der Waals surface area (Å²) in [4.78, 5) is 53.5. The lowest BCUT2D eigenvalue weighted by atomic mass is 10.1.